The molecule has 0 bridgehead atoms. The first-order chi connectivity index (χ1) is 17.6. The van der Waals surface area contributed by atoms with Gasteiger partial charge < -0.3 is 15.1 Å². The number of halogens is 6. The molecule has 8 nitrogen and oxygen atoms in total. The summed E-state index contributed by atoms with van der Waals surface area (Å²) in [6.07, 6.45) is -2.83. The predicted octanol–water partition coefficient (Wildman–Crippen LogP) is 4.54. The first-order valence-corrected chi connectivity index (χ1v) is 12.1. The standard InChI is InChI=1S/C19H23N3OS.2C2HF3O2/c23-18(17-4-2-12-24-17)22-11-7-19(15-22)5-9-21(10-6-19)14-16-3-1-8-20-13-16;2*3-2(4,5)1(6)7/h1-4,8,12-13H,5-7,9-11,14-15H2;2*(H,6,7). The molecule has 2 aromatic rings. The van der Waals surface area contributed by atoms with Crippen LogP contribution in [0.4, 0.5) is 26.3 Å². The van der Waals surface area contributed by atoms with Gasteiger partial charge in [0.2, 0.25) is 0 Å². The average Bonchev–Trinajstić information content (AvgIpc) is 3.52. The number of amides is 1. The van der Waals surface area contributed by atoms with Gasteiger partial charge in [-0.3, -0.25) is 14.7 Å². The highest BCUT2D eigenvalue weighted by Crippen LogP contribution is 2.41. The van der Waals surface area contributed by atoms with Gasteiger partial charge >= 0.3 is 24.3 Å². The Balaban J connectivity index is 0.000000301. The van der Waals surface area contributed by atoms with E-state index in [1.165, 1.54) is 18.4 Å². The molecule has 1 spiro atoms. The van der Waals surface area contributed by atoms with Gasteiger partial charge in [0.25, 0.3) is 5.91 Å². The minimum atomic E-state index is -5.08. The van der Waals surface area contributed by atoms with Gasteiger partial charge in [0.05, 0.1) is 4.88 Å². The molecule has 2 aliphatic rings. The van der Waals surface area contributed by atoms with Crippen LogP contribution < -0.4 is 0 Å². The van der Waals surface area contributed by atoms with Crippen LogP contribution in [-0.4, -0.2) is 81.4 Å². The summed E-state index contributed by atoms with van der Waals surface area (Å²) >= 11 is 1.55. The number of hydrogen-bond donors (Lipinski definition) is 2. The summed E-state index contributed by atoms with van der Waals surface area (Å²) in [5.41, 5.74) is 1.63. The van der Waals surface area contributed by atoms with Crippen LogP contribution in [0.1, 0.15) is 34.5 Å². The van der Waals surface area contributed by atoms with Gasteiger partial charge in [0.1, 0.15) is 0 Å². The Labute approximate surface area is 217 Å². The van der Waals surface area contributed by atoms with Gasteiger partial charge in [-0.2, -0.15) is 26.3 Å². The van der Waals surface area contributed by atoms with Crippen LogP contribution in [0.25, 0.3) is 0 Å². The van der Waals surface area contributed by atoms with E-state index in [9.17, 15) is 31.1 Å². The Kier molecular flexibility index (Phi) is 10.6. The summed E-state index contributed by atoms with van der Waals surface area (Å²) in [5, 5.41) is 16.2. The third-order valence-electron chi connectivity index (χ3n) is 5.99. The van der Waals surface area contributed by atoms with Crippen LogP contribution in [0, 0.1) is 5.41 Å². The van der Waals surface area contributed by atoms with Crippen molar-refractivity contribution in [2.24, 2.45) is 5.41 Å². The van der Waals surface area contributed by atoms with Crippen molar-refractivity contribution >= 4 is 29.2 Å². The number of nitrogens with zero attached hydrogens (tertiary/aromatic N) is 3. The van der Waals surface area contributed by atoms with Crippen molar-refractivity contribution in [2.45, 2.75) is 38.2 Å². The maximum absolute atomic E-state index is 12.6. The maximum Gasteiger partial charge on any atom is 0.490 e. The van der Waals surface area contributed by atoms with E-state index in [0.717, 1.165) is 44.0 Å². The van der Waals surface area contributed by atoms with Gasteiger partial charge in [-0.1, -0.05) is 12.1 Å². The summed E-state index contributed by atoms with van der Waals surface area (Å²) in [7, 11) is 0. The molecule has 0 unspecified atom stereocenters. The molecule has 0 aliphatic carbocycles. The normalized spacial score (nSPS) is 17.2. The summed E-state index contributed by atoms with van der Waals surface area (Å²) in [5.74, 6) is -5.29. The molecule has 38 heavy (non-hydrogen) atoms. The van der Waals surface area contributed by atoms with Gasteiger partial charge in [-0.15, -0.1) is 11.3 Å². The van der Waals surface area contributed by atoms with E-state index in [1.807, 2.05) is 36.0 Å². The van der Waals surface area contributed by atoms with Crippen molar-refractivity contribution in [3.8, 4) is 0 Å². The molecule has 2 N–H and O–H groups in total. The zero-order valence-corrected chi connectivity index (χ0v) is 20.7. The van der Waals surface area contributed by atoms with E-state index >= 15 is 0 Å². The lowest BCUT2D eigenvalue weighted by molar-refractivity contribution is -0.193. The molecule has 2 aromatic heterocycles. The zero-order valence-electron chi connectivity index (χ0n) is 19.8. The molecular formula is C23H25F6N3O5S. The van der Waals surface area contributed by atoms with Gasteiger partial charge in [-0.05, 0) is 60.8 Å². The summed E-state index contributed by atoms with van der Waals surface area (Å²) in [6, 6.07) is 8.05. The molecule has 0 aromatic carbocycles. The molecule has 4 rings (SSSR count). The summed E-state index contributed by atoms with van der Waals surface area (Å²) < 4.78 is 63.5. The second-order valence-electron chi connectivity index (χ2n) is 8.70. The van der Waals surface area contributed by atoms with Gasteiger partial charge in [0.15, 0.2) is 0 Å². The molecule has 2 saturated heterocycles. The van der Waals surface area contributed by atoms with Crippen molar-refractivity contribution in [3.05, 3.63) is 52.5 Å². The number of likely N-dealkylation sites (tertiary alicyclic amines) is 2. The molecule has 0 radical (unpaired) electrons. The first-order valence-electron chi connectivity index (χ1n) is 11.2. The van der Waals surface area contributed by atoms with Crippen molar-refractivity contribution in [1.82, 2.24) is 14.8 Å². The second kappa shape index (κ2) is 13.0. The van der Waals surface area contributed by atoms with Crippen molar-refractivity contribution < 1.29 is 50.9 Å². The number of hydrogen-bond acceptors (Lipinski definition) is 6. The highest BCUT2D eigenvalue weighted by Gasteiger charge is 2.42. The molecule has 0 atom stereocenters. The van der Waals surface area contributed by atoms with E-state index in [0.29, 0.717) is 5.41 Å². The number of carboxylic acid groups (broad SMARTS) is 2. The summed E-state index contributed by atoms with van der Waals surface area (Å²) in [6.45, 7) is 5.08. The number of rotatable bonds is 3. The Hall–Kier alpha value is -3.20. The van der Waals surface area contributed by atoms with Gasteiger partial charge in [-0.25, -0.2) is 9.59 Å². The Bertz CT molecular complexity index is 1030. The highest BCUT2D eigenvalue weighted by molar-refractivity contribution is 7.12. The number of alkyl halides is 6. The molecule has 15 heteroatoms. The molecule has 2 fully saturated rings. The van der Waals surface area contributed by atoms with E-state index in [2.05, 4.69) is 20.9 Å². The topological polar surface area (TPSA) is 111 Å². The largest absolute Gasteiger partial charge is 0.490 e. The first kappa shape index (κ1) is 31.0. The number of piperidine rings is 1. The smallest absolute Gasteiger partial charge is 0.475 e. The van der Waals surface area contributed by atoms with Crippen LogP contribution in [-0.2, 0) is 16.1 Å². The van der Waals surface area contributed by atoms with Crippen molar-refractivity contribution in [2.75, 3.05) is 26.2 Å². The summed E-state index contributed by atoms with van der Waals surface area (Å²) in [4.78, 5) is 40.0. The number of aromatic nitrogens is 1. The number of carbonyl (C=O) groups excluding carboxylic acids is 1. The van der Waals surface area contributed by atoms with Crippen LogP contribution in [0.5, 0.6) is 0 Å². The fourth-order valence-electron chi connectivity index (χ4n) is 4.01. The fraction of sp³-hybridized carbons (Fsp3) is 0.478. The van der Waals surface area contributed by atoms with E-state index in [4.69, 9.17) is 19.8 Å². The maximum atomic E-state index is 12.6. The van der Waals surface area contributed by atoms with E-state index < -0.39 is 24.3 Å². The molecule has 210 valence electrons. The van der Waals surface area contributed by atoms with E-state index in [-0.39, 0.29) is 5.91 Å². The zero-order chi connectivity index (χ0) is 28.6. The van der Waals surface area contributed by atoms with Crippen molar-refractivity contribution in [1.29, 1.82) is 0 Å². The monoisotopic (exact) mass is 569 g/mol. The van der Waals surface area contributed by atoms with Crippen LogP contribution >= 0.6 is 11.3 Å². The fourth-order valence-corrected chi connectivity index (χ4v) is 4.70. The number of thiophene rings is 1. The second-order valence-corrected chi connectivity index (χ2v) is 9.64. The minimum Gasteiger partial charge on any atom is -0.475 e. The number of pyridine rings is 1. The Morgan fingerprint density at radius 2 is 1.47 bits per heavy atom. The highest BCUT2D eigenvalue weighted by atomic mass is 32.1. The lowest BCUT2D eigenvalue weighted by atomic mass is 9.77. The van der Waals surface area contributed by atoms with Crippen molar-refractivity contribution in [3.63, 3.8) is 0 Å². The van der Waals surface area contributed by atoms with E-state index in [1.54, 1.807) is 11.3 Å². The molecule has 1 amide bonds. The quantitative estimate of drug-likeness (QED) is 0.523. The minimum absolute atomic E-state index is 0.222. The van der Waals surface area contributed by atoms with Gasteiger partial charge in [0, 0.05) is 32.0 Å². The van der Waals surface area contributed by atoms with Crippen LogP contribution in [0.3, 0.4) is 0 Å². The molecule has 2 aliphatic heterocycles. The predicted molar refractivity (Wildman–Crippen MR) is 123 cm³/mol. The number of carboxylic acids is 2. The lowest BCUT2D eigenvalue weighted by Crippen LogP contribution is -2.41. The molecular weight excluding hydrogens is 544 g/mol. The number of aliphatic carboxylic acids is 2. The third kappa shape index (κ3) is 9.59. The number of carbonyl (C=O) groups is 3. The Morgan fingerprint density at radius 3 is 1.92 bits per heavy atom. The molecule has 0 saturated carbocycles. The molecule has 4 heterocycles. The SMILES string of the molecule is O=C(O)C(F)(F)F.O=C(O)C(F)(F)F.O=C(c1cccs1)N1CCC2(CCN(Cc3cccnc3)CC2)C1. The third-order valence-corrected chi connectivity index (χ3v) is 6.85. The van der Waals surface area contributed by atoms with Crippen LogP contribution in [0.15, 0.2) is 42.0 Å². The average molecular weight is 570 g/mol. The lowest BCUT2D eigenvalue weighted by Gasteiger charge is -2.39. The Morgan fingerprint density at radius 1 is 0.921 bits per heavy atom. The van der Waals surface area contributed by atoms with Crippen LogP contribution in [0.2, 0.25) is 0 Å².